The Morgan fingerprint density at radius 2 is 2.33 bits per heavy atom. The molecule has 2 rings (SSSR count). The van der Waals surface area contributed by atoms with Gasteiger partial charge in [-0.3, -0.25) is 0 Å². The summed E-state index contributed by atoms with van der Waals surface area (Å²) in [6.45, 7) is 0. The van der Waals surface area contributed by atoms with E-state index >= 15 is 0 Å². The summed E-state index contributed by atoms with van der Waals surface area (Å²) in [6.07, 6.45) is 7.74. The molecule has 1 aliphatic carbocycles. The third-order valence-corrected chi connectivity index (χ3v) is 5.60. The Kier molecular flexibility index (Phi) is 3.51. The molecule has 0 radical (unpaired) electrons. The number of imidazole rings is 1. The second-order valence-electron chi connectivity index (χ2n) is 5.27. The summed E-state index contributed by atoms with van der Waals surface area (Å²) in [6, 6.07) is 0. The van der Waals surface area contributed by atoms with E-state index in [1.807, 2.05) is 17.8 Å². The first-order chi connectivity index (χ1) is 8.33. The lowest BCUT2D eigenvalue weighted by atomic mass is 9.95. The number of hydrogen-bond acceptors (Lipinski definition) is 4. The molecule has 2 atom stereocenters. The highest BCUT2D eigenvalue weighted by molar-refractivity contribution is 7.91. The highest BCUT2D eigenvalue weighted by atomic mass is 32.2. The lowest BCUT2D eigenvalue weighted by Crippen LogP contribution is -2.42. The highest BCUT2D eigenvalue weighted by Gasteiger charge is 2.46. The van der Waals surface area contributed by atoms with Crippen molar-refractivity contribution < 1.29 is 13.5 Å². The van der Waals surface area contributed by atoms with Crippen LogP contribution in [0.4, 0.5) is 0 Å². The third-order valence-electron chi connectivity index (χ3n) is 3.89. The standard InChI is InChI=1S/C12H20N2O3S/c1-14-9-8-13-11(14)5-7-12(15)6-3-4-10(12)18(2,16)17/h8-10,15H,3-7H2,1-2H3. The van der Waals surface area contributed by atoms with Crippen molar-refractivity contribution in [2.75, 3.05) is 6.26 Å². The van der Waals surface area contributed by atoms with E-state index in [1.165, 1.54) is 6.26 Å². The second-order valence-corrected chi connectivity index (χ2v) is 7.50. The Labute approximate surface area is 108 Å². The van der Waals surface area contributed by atoms with Gasteiger partial charge in [0, 0.05) is 32.1 Å². The topological polar surface area (TPSA) is 72.2 Å². The van der Waals surface area contributed by atoms with Gasteiger partial charge in [-0.05, 0) is 25.7 Å². The minimum Gasteiger partial charge on any atom is -0.389 e. The largest absolute Gasteiger partial charge is 0.389 e. The van der Waals surface area contributed by atoms with Crippen LogP contribution in [0, 0.1) is 0 Å². The summed E-state index contributed by atoms with van der Waals surface area (Å²) >= 11 is 0. The van der Waals surface area contributed by atoms with Gasteiger partial charge in [0.2, 0.25) is 0 Å². The molecule has 1 heterocycles. The Morgan fingerprint density at radius 3 is 2.89 bits per heavy atom. The smallest absolute Gasteiger partial charge is 0.153 e. The van der Waals surface area contributed by atoms with Crippen molar-refractivity contribution in [1.82, 2.24) is 9.55 Å². The quantitative estimate of drug-likeness (QED) is 0.875. The van der Waals surface area contributed by atoms with Crippen molar-refractivity contribution in [1.29, 1.82) is 0 Å². The Hall–Kier alpha value is -0.880. The Morgan fingerprint density at radius 1 is 1.61 bits per heavy atom. The van der Waals surface area contributed by atoms with Crippen LogP contribution in [0.15, 0.2) is 12.4 Å². The van der Waals surface area contributed by atoms with Gasteiger partial charge < -0.3 is 9.67 Å². The summed E-state index contributed by atoms with van der Waals surface area (Å²) in [5.74, 6) is 0.877. The molecule has 18 heavy (non-hydrogen) atoms. The first-order valence-corrected chi connectivity index (χ1v) is 8.16. The van der Waals surface area contributed by atoms with Crippen molar-refractivity contribution in [3.05, 3.63) is 18.2 Å². The number of aryl methyl sites for hydroxylation is 2. The van der Waals surface area contributed by atoms with E-state index in [4.69, 9.17) is 0 Å². The minimum atomic E-state index is -3.19. The molecule has 0 saturated heterocycles. The van der Waals surface area contributed by atoms with E-state index in [0.717, 1.165) is 12.2 Å². The summed E-state index contributed by atoms with van der Waals surface area (Å²) in [7, 11) is -1.29. The van der Waals surface area contributed by atoms with Crippen LogP contribution in [-0.2, 0) is 23.3 Å². The maximum absolute atomic E-state index is 11.7. The number of rotatable bonds is 4. The molecule has 2 unspecified atom stereocenters. The van der Waals surface area contributed by atoms with Crippen LogP contribution in [0.1, 0.15) is 31.5 Å². The third kappa shape index (κ3) is 2.59. The monoisotopic (exact) mass is 272 g/mol. The summed E-state index contributed by atoms with van der Waals surface area (Å²) in [4.78, 5) is 4.20. The molecule has 1 aliphatic rings. The van der Waals surface area contributed by atoms with E-state index in [-0.39, 0.29) is 0 Å². The number of hydrogen-bond donors (Lipinski definition) is 1. The van der Waals surface area contributed by atoms with E-state index in [9.17, 15) is 13.5 Å². The zero-order chi connectivity index (χ0) is 13.4. The zero-order valence-electron chi connectivity index (χ0n) is 10.8. The lowest BCUT2D eigenvalue weighted by Gasteiger charge is -2.28. The van der Waals surface area contributed by atoms with Crippen LogP contribution in [0.2, 0.25) is 0 Å². The average molecular weight is 272 g/mol. The van der Waals surface area contributed by atoms with Gasteiger partial charge in [0.05, 0.1) is 10.9 Å². The molecular weight excluding hydrogens is 252 g/mol. The first-order valence-electron chi connectivity index (χ1n) is 6.20. The van der Waals surface area contributed by atoms with E-state index in [0.29, 0.717) is 25.7 Å². The van der Waals surface area contributed by atoms with Crippen LogP contribution >= 0.6 is 0 Å². The number of aromatic nitrogens is 2. The molecule has 102 valence electrons. The minimum absolute atomic E-state index is 0.454. The van der Waals surface area contributed by atoms with Gasteiger partial charge in [0.25, 0.3) is 0 Å². The van der Waals surface area contributed by atoms with E-state index < -0.39 is 20.7 Å². The zero-order valence-corrected chi connectivity index (χ0v) is 11.7. The molecule has 1 saturated carbocycles. The first kappa shape index (κ1) is 13.5. The van der Waals surface area contributed by atoms with Crippen LogP contribution in [0.5, 0.6) is 0 Å². The average Bonchev–Trinajstić information content (AvgIpc) is 2.82. The van der Waals surface area contributed by atoms with Gasteiger partial charge in [-0.2, -0.15) is 0 Å². The van der Waals surface area contributed by atoms with Crippen LogP contribution in [0.25, 0.3) is 0 Å². The van der Waals surface area contributed by atoms with Gasteiger partial charge in [0.15, 0.2) is 9.84 Å². The maximum atomic E-state index is 11.7. The number of aliphatic hydroxyl groups is 1. The SMILES string of the molecule is Cn1ccnc1CCC1(O)CCCC1S(C)(=O)=O. The fraction of sp³-hybridized carbons (Fsp3) is 0.750. The summed E-state index contributed by atoms with van der Waals surface area (Å²) < 4.78 is 25.3. The maximum Gasteiger partial charge on any atom is 0.153 e. The predicted molar refractivity (Wildman–Crippen MR) is 69.0 cm³/mol. The fourth-order valence-corrected chi connectivity index (χ4v) is 4.51. The molecule has 0 amide bonds. The van der Waals surface area contributed by atoms with Crippen molar-refractivity contribution in [2.24, 2.45) is 7.05 Å². The van der Waals surface area contributed by atoms with E-state index in [1.54, 1.807) is 6.20 Å². The molecule has 0 aliphatic heterocycles. The molecule has 1 aromatic heterocycles. The van der Waals surface area contributed by atoms with Crippen molar-refractivity contribution >= 4 is 9.84 Å². The number of sulfone groups is 1. The van der Waals surface area contributed by atoms with Crippen LogP contribution < -0.4 is 0 Å². The number of nitrogens with zero attached hydrogens (tertiary/aromatic N) is 2. The van der Waals surface area contributed by atoms with Crippen molar-refractivity contribution in [3.8, 4) is 0 Å². The van der Waals surface area contributed by atoms with Gasteiger partial charge in [-0.1, -0.05) is 0 Å². The molecule has 0 aromatic carbocycles. The van der Waals surface area contributed by atoms with E-state index in [2.05, 4.69) is 4.98 Å². The predicted octanol–water partition coefficient (Wildman–Crippen LogP) is 0.681. The molecule has 6 heteroatoms. The molecule has 5 nitrogen and oxygen atoms in total. The molecule has 0 bridgehead atoms. The summed E-state index contributed by atoms with van der Waals surface area (Å²) in [5.41, 5.74) is -1.08. The van der Waals surface area contributed by atoms with Crippen LogP contribution in [0.3, 0.4) is 0 Å². The normalized spacial score (nSPS) is 28.7. The van der Waals surface area contributed by atoms with Gasteiger partial charge in [-0.25, -0.2) is 13.4 Å². The van der Waals surface area contributed by atoms with Gasteiger partial charge in [-0.15, -0.1) is 0 Å². The van der Waals surface area contributed by atoms with Crippen molar-refractivity contribution in [2.45, 2.75) is 43.0 Å². The van der Waals surface area contributed by atoms with Gasteiger partial charge in [0.1, 0.15) is 5.82 Å². The van der Waals surface area contributed by atoms with Gasteiger partial charge >= 0.3 is 0 Å². The Bertz CT molecular complexity index is 523. The van der Waals surface area contributed by atoms with Crippen molar-refractivity contribution in [3.63, 3.8) is 0 Å². The molecular formula is C12H20N2O3S. The second kappa shape index (κ2) is 4.66. The molecule has 0 spiro atoms. The molecule has 1 N–H and O–H groups in total. The van der Waals surface area contributed by atoms with Crippen LogP contribution in [-0.4, -0.2) is 40.2 Å². The molecule has 1 aromatic rings. The summed E-state index contributed by atoms with van der Waals surface area (Å²) in [5, 5.41) is 9.94. The highest BCUT2D eigenvalue weighted by Crippen LogP contribution is 2.37. The molecule has 1 fully saturated rings. The fourth-order valence-electron chi connectivity index (χ4n) is 2.89. The lowest BCUT2D eigenvalue weighted by molar-refractivity contribution is 0.0416. The Balaban J connectivity index is 2.10.